The van der Waals surface area contributed by atoms with Crippen molar-refractivity contribution in [2.45, 2.75) is 25.8 Å². The van der Waals surface area contributed by atoms with Crippen LogP contribution in [0.3, 0.4) is 0 Å². The summed E-state index contributed by atoms with van der Waals surface area (Å²) in [6.07, 6.45) is 2.05. The van der Waals surface area contributed by atoms with Gasteiger partial charge in [-0.2, -0.15) is 0 Å². The molecule has 1 amide bonds. The summed E-state index contributed by atoms with van der Waals surface area (Å²) in [6, 6.07) is 4.65. The fraction of sp³-hybridized carbons (Fsp3) is 0.500. The molecule has 7 heteroatoms. The molecule has 0 radical (unpaired) electrons. The normalized spacial score (nSPS) is 18.2. The Morgan fingerprint density at radius 2 is 2.33 bits per heavy atom. The molecule has 2 rings (SSSR count). The SMILES string of the molecule is CCN(c1ccc(C(N)=O)cc1[N+](=O)[O-])C1CCCNC1. The summed E-state index contributed by atoms with van der Waals surface area (Å²) in [6.45, 7) is 4.43. The van der Waals surface area contributed by atoms with Crippen LogP contribution < -0.4 is 16.0 Å². The van der Waals surface area contributed by atoms with Gasteiger partial charge in [0.05, 0.1) is 4.92 Å². The largest absolute Gasteiger partial charge is 0.366 e. The molecule has 0 aromatic heterocycles. The van der Waals surface area contributed by atoms with E-state index in [0.717, 1.165) is 25.9 Å². The molecule has 1 unspecified atom stereocenters. The fourth-order valence-corrected chi connectivity index (χ4v) is 2.79. The van der Waals surface area contributed by atoms with E-state index in [0.29, 0.717) is 12.2 Å². The van der Waals surface area contributed by atoms with Crippen LogP contribution in [0.2, 0.25) is 0 Å². The van der Waals surface area contributed by atoms with Crippen molar-refractivity contribution in [1.82, 2.24) is 5.32 Å². The maximum absolute atomic E-state index is 11.3. The van der Waals surface area contributed by atoms with Crippen molar-refractivity contribution in [3.05, 3.63) is 33.9 Å². The van der Waals surface area contributed by atoms with E-state index in [-0.39, 0.29) is 17.3 Å². The zero-order chi connectivity index (χ0) is 15.4. The highest BCUT2D eigenvalue weighted by atomic mass is 16.6. The predicted octanol–water partition coefficient (Wildman–Crippen LogP) is 1.27. The van der Waals surface area contributed by atoms with Crippen molar-refractivity contribution >= 4 is 17.3 Å². The van der Waals surface area contributed by atoms with E-state index in [1.165, 1.54) is 6.07 Å². The molecule has 0 saturated carbocycles. The molecule has 0 aliphatic carbocycles. The minimum Gasteiger partial charge on any atom is -0.366 e. The number of nitro groups is 1. The molecule has 1 fully saturated rings. The van der Waals surface area contributed by atoms with Gasteiger partial charge in [-0.25, -0.2) is 0 Å². The van der Waals surface area contributed by atoms with Crippen LogP contribution in [0.1, 0.15) is 30.1 Å². The van der Waals surface area contributed by atoms with Gasteiger partial charge in [-0.15, -0.1) is 0 Å². The van der Waals surface area contributed by atoms with E-state index in [1.54, 1.807) is 12.1 Å². The van der Waals surface area contributed by atoms with Crippen molar-refractivity contribution in [2.24, 2.45) is 5.73 Å². The molecular formula is C14H20N4O3. The van der Waals surface area contributed by atoms with Gasteiger partial charge < -0.3 is 16.0 Å². The number of rotatable bonds is 5. The number of primary amides is 1. The Hall–Kier alpha value is -2.15. The monoisotopic (exact) mass is 292 g/mol. The quantitative estimate of drug-likeness (QED) is 0.628. The highest BCUT2D eigenvalue weighted by molar-refractivity contribution is 5.94. The van der Waals surface area contributed by atoms with Crippen molar-refractivity contribution in [2.75, 3.05) is 24.5 Å². The topological polar surface area (TPSA) is 102 Å². The van der Waals surface area contributed by atoms with E-state index in [2.05, 4.69) is 5.32 Å². The second-order valence-corrected chi connectivity index (χ2v) is 5.11. The summed E-state index contributed by atoms with van der Waals surface area (Å²) in [5.74, 6) is -0.660. The summed E-state index contributed by atoms with van der Waals surface area (Å²) in [7, 11) is 0. The number of hydrogen-bond donors (Lipinski definition) is 2. The number of carbonyl (C=O) groups is 1. The van der Waals surface area contributed by atoms with Crippen LogP contribution in [-0.4, -0.2) is 36.5 Å². The van der Waals surface area contributed by atoms with Gasteiger partial charge in [-0.05, 0) is 38.4 Å². The molecule has 7 nitrogen and oxygen atoms in total. The zero-order valence-corrected chi connectivity index (χ0v) is 12.0. The standard InChI is InChI=1S/C14H20N4O3/c1-2-17(11-4-3-7-16-9-11)12-6-5-10(14(15)19)8-13(12)18(20)21/h5-6,8,11,16H,2-4,7,9H2,1H3,(H2,15,19). The van der Waals surface area contributed by atoms with Gasteiger partial charge in [0.25, 0.3) is 5.69 Å². The number of carbonyl (C=O) groups excluding carboxylic acids is 1. The first-order valence-corrected chi connectivity index (χ1v) is 7.10. The number of nitrogens with one attached hydrogen (secondary N) is 1. The number of nitrogens with two attached hydrogens (primary N) is 1. The van der Waals surface area contributed by atoms with Gasteiger partial charge >= 0.3 is 0 Å². The first kappa shape index (κ1) is 15.2. The molecule has 1 heterocycles. The number of likely N-dealkylation sites (N-methyl/N-ethyl adjacent to an activating group) is 1. The summed E-state index contributed by atoms with van der Waals surface area (Å²) in [4.78, 5) is 24.1. The first-order valence-electron chi connectivity index (χ1n) is 7.10. The Morgan fingerprint density at radius 1 is 1.57 bits per heavy atom. The Balaban J connectivity index is 2.39. The third-order valence-corrected chi connectivity index (χ3v) is 3.82. The van der Waals surface area contributed by atoms with Gasteiger partial charge in [0.1, 0.15) is 5.69 Å². The number of benzene rings is 1. The highest BCUT2D eigenvalue weighted by Crippen LogP contribution is 2.31. The van der Waals surface area contributed by atoms with Crippen LogP contribution in [0.15, 0.2) is 18.2 Å². The van der Waals surface area contributed by atoms with E-state index >= 15 is 0 Å². The average molecular weight is 292 g/mol. The zero-order valence-electron chi connectivity index (χ0n) is 12.0. The molecule has 0 spiro atoms. The minimum atomic E-state index is -0.660. The summed E-state index contributed by atoms with van der Waals surface area (Å²) >= 11 is 0. The summed E-state index contributed by atoms with van der Waals surface area (Å²) < 4.78 is 0. The van der Waals surface area contributed by atoms with Crippen LogP contribution in [0, 0.1) is 10.1 Å². The van der Waals surface area contributed by atoms with Crippen LogP contribution in [-0.2, 0) is 0 Å². The van der Waals surface area contributed by atoms with Crippen LogP contribution in [0.5, 0.6) is 0 Å². The number of anilines is 1. The van der Waals surface area contributed by atoms with Crippen molar-refractivity contribution in [3.63, 3.8) is 0 Å². The predicted molar refractivity (Wildman–Crippen MR) is 80.5 cm³/mol. The molecule has 1 atom stereocenters. The number of nitro benzene ring substituents is 1. The third-order valence-electron chi connectivity index (χ3n) is 3.82. The van der Waals surface area contributed by atoms with Crippen molar-refractivity contribution in [1.29, 1.82) is 0 Å². The average Bonchev–Trinajstić information content (AvgIpc) is 2.49. The molecule has 21 heavy (non-hydrogen) atoms. The number of hydrogen-bond acceptors (Lipinski definition) is 5. The number of amides is 1. The van der Waals surface area contributed by atoms with Crippen LogP contribution >= 0.6 is 0 Å². The second kappa shape index (κ2) is 6.53. The Kier molecular flexibility index (Phi) is 4.74. The number of piperidine rings is 1. The van der Waals surface area contributed by atoms with E-state index < -0.39 is 10.8 Å². The summed E-state index contributed by atoms with van der Waals surface area (Å²) in [5, 5.41) is 14.6. The Bertz CT molecular complexity index is 541. The lowest BCUT2D eigenvalue weighted by molar-refractivity contribution is -0.384. The van der Waals surface area contributed by atoms with Gasteiger partial charge in [0.15, 0.2) is 0 Å². The molecule has 1 aliphatic rings. The highest BCUT2D eigenvalue weighted by Gasteiger charge is 2.26. The van der Waals surface area contributed by atoms with Gasteiger partial charge in [-0.1, -0.05) is 0 Å². The maximum atomic E-state index is 11.3. The van der Waals surface area contributed by atoms with Crippen LogP contribution in [0.4, 0.5) is 11.4 Å². The van der Waals surface area contributed by atoms with Gasteiger partial charge in [0.2, 0.25) is 5.91 Å². The Labute approximate surface area is 123 Å². The van der Waals surface area contributed by atoms with E-state index in [4.69, 9.17) is 5.73 Å². The summed E-state index contributed by atoms with van der Waals surface area (Å²) in [5.41, 5.74) is 5.83. The van der Waals surface area contributed by atoms with Gasteiger partial charge in [0, 0.05) is 30.8 Å². The van der Waals surface area contributed by atoms with E-state index in [9.17, 15) is 14.9 Å². The molecule has 3 N–H and O–H groups in total. The lowest BCUT2D eigenvalue weighted by Gasteiger charge is -2.35. The number of nitrogens with zero attached hydrogens (tertiary/aromatic N) is 2. The molecule has 1 aromatic carbocycles. The first-order chi connectivity index (χ1) is 10.0. The van der Waals surface area contributed by atoms with Crippen molar-refractivity contribution < 1.29 is 9.72 Å². The molecule has 0 bridgehead atoms. The molecular weight excluding hydrogens is 272 g/mol. The minimum absolute atomic E-state index is 0.0706. The molecule has 1 aromatic rings. The lowest BCUT2D eigenvalue weighted by atomic mass is 10.0. The second-order valence-electron chi connectivity index (χ2n) is 5.11. The van der Waals surface area contributed by atoms with Crippen molar-refractivity contribution in [3.8, 4) is 0 Å². The van der Waals surface area contributed by atoms with Gasteiger partial charge in [-0.3, -0.25) is 14.9 Å². The van der Waals surface area contributed by atoms with Crippen LogP contribution in [0.25, 0.3) is 0 Å². The third kappa shape index (κ3) is 3.30. The Morgan fingerprint density at radius 3 is 2.86 bits per heavy atom. The fourth-order valence-electron chi connectivity index (χ4n) is 2.79. The molecule has 114 valence electrons. The molecule has 1 saturated heterocycles. The maximum Gasteiger partial charge on any atom is 0.293 e. The lowest BCUT2D eigenvalue weighted by Crippen LogP contribution is -2.46. The molecule has 1 aliphatic heterocycles. The smallest absolute Gasteiger partial charge is 0.293 e. The van der Waals surface area contributed by atoms with E-state index in [1.807, 2.05) is 11.8 Å².